The maximum Gasteiger partial charge on any atom is 0.482 e. The third-order valence-electron chi connectivity index (χ3n) is 2.28. The van der Waals surface area contributed by atoms with Gasteiger partial charge in [0.1, 0.15) is 6.29 Å². The van der Waals surface area contributed by atoms with Gasteiger partial charge in [-0.3, -0.25) is 4.79 Å². The van der Waals surface area contributed by atoms with E-state index in [1.807, 2.05) is 0 Å². The zero-order valence-electron chi connectivity index (χ0n) is 8.64. The van der Waals surface area contributed by atoms with Gasteiger partial charge in [0.15, 0.2) is 0 Å². The highest BCUT2D eigenvalue weighted by Crippen LogP contribution is 2.22. The third-order valence-corrected chi connectivity index (χ3v) is 2.28. The van der Waals surface area contributed by atoms with Crippen molar-refractivity contribution < 1.29 is 17.7 Å². The second-order valence-corrected chi connectivity index (χ2v) is 3.53. The Morgan fingerprint density at radius 2 is 2.06 bits per heavy atom. The second-order valence-electron chi connectivity index (χ2n) is 3.53. The Labute approximate surface area is 91.7 Å². The molecule has 0 aliphatic carbocycles. The summed E-state index contributed by atoms with van der Waals surface area (Å²) in [6.45, 7) is -3.40. The van der Waals surface area contributed by atoms with Crippen LogP contribution in [0.15, 0.2) is 12.1 Å². The van der Waals surface area contributed by atoms with E-state index in [-0.39, 0.29) is 11.1 Å². The number of rotatable bonds is 3. The van der Waals surface area contributed by atoms with E-state index in [0.717, 1.165) is 0 Å². The van der Waals surface area contributed by atoms with Crippen LogP contribution >= 0.6 is 0 Å². The summed E-state index contributed by atoms with van der Waals surface area (Å²) in [6, 6.07) is 2.65. The first-order valence-electron chi connectivity index (χ1n) is 4.63. The van der Waals surface area contributed by atoms with Crippen LogP contribution < -0.4 is 0 Å². The molecule has 16 heavy (non-hydrogen) atoms. The van der Waals surface area contributed by atoms with Crippen LogP contribution in [0.4, 0.5) is 12.9 Å². The molecule has 0 unspecified atom stereocenters. The molecular weight excluding hydrogens is 216 g/mol. The van der Waals surface area contributed by atoms with Gasteiger partial charge < -0.3 is 12.9 Å². The second kappa shape index (κ2) is 4.44. The molecule has 0 spiro atoms. The van der Waals surface area contributed by atoms with E-state index < -0.39 is 13.3 Å². The molecule has 84 valence electrons. The Kier molecular flexibility index (Phi) is 3.43. The molecule has 0 amide bonds. The van der Waals surface area contributed by atoms with Gasteiger partial charge in [-0.25, -0.2) is 0 Å². The lowest BCUT2D eigenvalue weighted by Gasteiger charge is -2.16. The summed E-state index contributed by atoms with van der Waals surface area (Å²) < 4.78 is 36.9. The molecule has 0 N–H and O–H groups in total. The van der Waals surface area contributed by atoms with E-state index in [4.69, 9.17) is 6.42 Å². The van der Waals surface area contributed by atoms with Gasteiger partial charge in [-0.2, -0.15) is 0 Å². The Balaban J connectivity index is 3.28. The highest BCUT2D eigenvalue weighted by Gasteiger charge is 2.24. The van der Waals surface area contributed by atoms with Gasteiger partial charge in [0, 0.05) is 11.1 Å². The van der Waals surface area contributed by atoms with Gasteiger partial charge in [0.05, 0.1) is 0 Å². The first-order valence-corrected chi connectivity index (χ1v) is 4.63. The zero-order chi connectivity index (χ0) is 12.3. The molecule has 0 radical (unpaired) electrons. The number of hydrogen-bond acceptors (Lipinski definition) is 1. The van der Waals surface area contributed by atoms with Gasteiger partial charge >= 0.3 is 6.98 Å². The molecular formula is C11H9BF3O-. The van der Waals surface area contributed by atoms with Crippen molar-refractivity contribution in [2.45, 2.75) is 13.2 Å². The molecule has 0 aromatic heterocycles. The SMILES string of the molecule is C#Cc1cc(C=O)cc(C[B-](F)(F)F)c1C. The van der Waals surface area contributed by atoms with Crippen molar-refractivity contribution in [1.82, 2.24) is 0 Å². The van der Waals surface area contributed by atoms with Gasteiger partial charge in [0.25, 0.3) is 0 Å². The number of carbonyl (C=O) groups excluding carboxylic acids is 1. The number of terminal acetylenes is 1. The summed E-state index contributed by atoms with van der Waals surface area (Å²) in [5.74, 6) is 2.28. The fourth-order valence-electron chi connectivity index (χ4n) is 1.48. The quantitative estimate of drug-likeness (QED) is 0.439. The smallest absolute Gasteiger partial charge is 0.449 e. The average molecular weight is 225 g/mol. The van der Waals surface area contributed by atoms with E-state index in [1.54, 1.807) is 0 Å². The lowest BCUT2D eigenvalue weighted by Crippen LogP contribution is -2.20. The molecule has 0 aliphatic rings. The molecule has 1 aromatic carbocycles. The van der Waals surface area contributed by atoms with Crippen LogP contribution in [0.3, 0.4) is 0 Å². The first-order chi connectivity index (χ1) is 7.37. The predicted molar refractivity (Wildman–Crippen MR) is 57.3 cm³/mol. The van der Waals surface area contributed by atoms with Crippen molar-refractivity contribution in [3.8, 4) is 12.3 Å². The molecule has 1 nitrogen and oxygen atoms in total. The maximum atomic E-state index is 12.3. The molecule has 0 fully saturated rings. The molecule has 1 rings (SSSR count). The maximum absolute atomic E-state index is 12.3. The summed E-state index contributed by atoms with van der Waals surface area (Å²) in [6.07, 6.45) is 4.65. The van der Waals surface area contributed by atoms with Crippen molar-refractivity contribution >= 4 is 13.3 Å². The van der Waals surface area contributed by atoms with Gasteiger partial charge in [-0.1, -0.05) is 23.9 Å². The van der Waals surface area contributed by atoms with Crippen LogP contribution in [0.25, 0.3) is 0 Å². The minimum absolute atomic E-state index is 0.0741. The number of carbonyl (C=O) groups is 1. The van der Waals surface area contributed by atoms with Gasteiger partial charge in [-0.05, 0) is 18.6 Å². The lowest BCUT2D eigenvalue weighted by atomic mass is 9.79. The Morgan fingerprint density at radius 1 is 1.44 bits per heavy atom. The largest absolute Gasteiger partial charge is 0.482 e. The minimum atomic E-state index is -4.93. The van der Waals surface area contributed by atoms with E-state index >= 15 is 0 Å². The number of aldehydes is 1. The van der Waals surface area contributed by atoms with Crippen molar-refractivity contribution in [3.63, 3.8) is 0 Å². The Morgan fingerprint density at radius 3 is 2.50 bits per heavy atom. The minimum Gasteiger partial charge on any atom is -0.449 e. The van der Waals surface area contributed by atoms with E-state index in [9.17, 15) is 17.7 Å². The van der Waals surface area contributed by atoms with Crippen LogP contribution in [0.1, 0.15) is 27.0 Å². The van der Waals surface area contributed by atoms with E-state index in [1.165, 1.54) is 19.1 Å². The average Bonchev–Trinajstić information content (AvgIpc) is 2.19. The summed E-state index contributed by atoms with van der Waals surface area (Å²) in [5.41, 5.74) is 0.991. The van der Waals surface area contributed by atoms with Crippen LogP contribution in [-0.4, -0.2) is 13.3 Å². The van der Waals surface area contributed by atoms with Gasteiger partial charge in [0.2, 0.25) is 0 Å². The topological polar surface area (TPSA) is 17.1 Å². The van der Waals surface area contributed by atoms with Crippen LogP contribution in [0, 0.1) is 19.3 Å². The highest BCUT2D eigenvalue weighted by molar-refractivity contribution is 6.57. The third kappa shape index (κ3) is 2.90. The number of benzene rings is 1. The van der Waals surface area contributed by atoms with E-state index in [0.29, 0.717) is 17.4 Å². The monoisotopic (exact) mass is 225 g/mol. The number of hydrogen-bond donors (Lipinski definition) is 0. The molecule has 0 heterocycles. The molecule has 0 atom stereocenters. The van der Waals surface area contributed by atoms with Crippen molar-refractivity contribution in [2.75, 3.05) is 0 Å². The molecule has 0 saturated carbocycles. The van der Waals surface area contributed by atoms with Gasteiger partial charge in [-0.15, -0.1) is 6.42 Å². The molecule has 0 saturated heterocycles. The van der Waals surface area contributed by atoms with Crippen LogP contribution in [0.5, 0.6) is 0 Å². The lowest BCUT2D eigenvalue weighted by molar-refractivity contribution is 0.112. The summed E-state index contributed by atoms with van der Waals surface area (Å²) in [4.78, 5) is 10.6. The Bertz CT molecular complexity index is 458. The summed E-state index contributed by atoms with van der Waals surface area (Å²) in [7, 11) is 0. The van der Waals surface area contributed by atoms with Crippen molar-refractivity contribution in [2.24, 2.45) is 0 Å². The zero-order valence-corrected chi connectivity index (χ0v) is 8.64. The highest BCUT2D eigenvalue weighted by atomic mass is 19.4. The van der Waals surface area contributed by atoms with Crippen LogP contribution in [0.2, 0.25) is 0 Å². The normalized spacial score (nSPS) is 10.9. The molecule has 0 bridgehead atoms. The predicted octanol–water partition coefficient (Wildman–Crippen LogP) is 2.72. The standard InChI is InChI=1S/C11H9BF3O/c1-3-10-4-9(7-16)5-11(8(10)2)6-12(13,14)15/h1,4-5,7H,6H2,2H3/q-1. The van der Waals surface area contributed by atoms with Crippen molar-refractivity contribution in [3.05, 3.63) is 34.4 Å². The molecule has 5 heteroatoms. The fraction of sp³-hybridized carbons (Fsp3) is 0.182. The van der Waals surface area contributed by atoms with Crippen molar-refractivity contribution in [1.29, 1.82) is 0 Å². The summed E-state index contributed by atoms with van der Waals surface area (Å²) in [5, 5.41) is 0. The van der Waals surface area contributed by atoms with Crippen LogP contribution in [-0.2, 0) is 6.32 Å². The Hall–Kier alpha value is -1.70. The molecule has 0 aliphatic heterocycles. The molecule has 1 aromatic rings. The first kappa shape index (κ1) is 12.4. The number of halogens is 3. The summed E-state index contributed by atoms with van der Waals surface area (Å²) >= 11 is 0. The van der Waals surface area contributed by atoms with E-state index in [2.05, 4.69) is 5.92 Å². The fourth-order valence-corrected chi connectivity index (χ4v) is 1.48.